The van der Waals surface area contributed by atoms with E-state index in [0.717, 1.165) is 12.5 Å². The van der Waals surface area contributed by atoms with Gasteiger partial charge in [0, 0.05) is 12.6 Å². The molecule has 2 nitrogen and oxygen atoms in total. The lowest BCUT2D eigenvalue weighted by atomic mass is 9.76. The van der Waals surface area contributed by atoms with Crippen molar-refractivity contribution < 1.29 is 4.74 Å². The van der Waals surface area contributed by atoms with Gasteiger partial charge in [-0.3, -0.25) is 0 Å². The Kier molecular flexibility index (Phi) is 3.23. The van der Waals surface area contributed by atoms with Gasteiger partial charge in [0.15, 0.2) is 0 Å². The van der Waals surface area contributed by atoms with Crippen LogP contribution in [0.2, 0.25) is 0 Å². The minimum atomic E-state index is 0.504. The van der Waals surface area contributed by atoms with Gasteiger partial charge in [-0.15, -0.1) is 0 Å². The third kappa shape index (κ3) is 2.05. The van der Waals surface area contributed by atoms with Crippen LogP contribution in [0, 0.1) is 5.92 Å². The minimum absolute atomic E-state index is 0.504. The third-order valence-corrected chi connectivity index (χ3v) is 3.61. The fourth-order valence-electron chi connectivity index (χ4n) is 2.57. The molecule has 0 amide bonds. The number of nitrogens with one attached hydrogen (secondary N) is 1. The highest BCUT2D eigenvalue weighted by Gasteiger charge is 2.33. The highest BCUT2D eigenvalue weighted by molar-refractivity contribution is 4.88. The zero-order valence-electron chi connectivity index (χ0n) is 8.59. The maximum absolute atomic E-state index is 5.83. The van der Waals surface area contributed by atoms with E-state index in [1.165, 1.54) is 38.5 Å². The van der Waals surface area contributed by atoms with Gasteiger partial charge in [0.2, 0.25) is 0 Å². The molecule has 1 aliphatic heterocycles. The van der Waals surface area contributed by atoms with Crippen molar-refractivity contribution in [3.05, 3.63) is 0 Å². The van der Waals surface area contributed by atoms with Crippen LogP contribution in [0.15, 0.2) is 0 Å². The summed E-state index contributed by atoms with van der Waals surface area (Å²) in [6.45, 7) is 0.982. The molecule has 1 N–H and O–H groups in total. The summed E-state index contributed by atoms with van der Waals surface area (Å²) in [6.07, 6.45) is 8.63. The van der Waals surface area contributed by atoms with E-state index in [2.05, 4.69) is 12.4 Å². The number of hydrogen-bond donors (Lipinski definition) is 1. The Balaban J connectivity index is 1.86. The van der Waals surface area contributed by atoms with Crippen molar-refractivity contribution >= 4 is 0 Å². The van der Waals surface area contributed by atoms with Crippen LogP contribution in [-0.2, 0) is 4.74 Å². The molecule has 2 atom stereocenters. The van der Waals surface area contributed by atoms with Gasteiger partial charge in [0.05, 0.1) is 6.10 Å². The Hall–Kier alpha value is -0.0800. The van der Waals surface area contributed by atoms with Gasteiger partial charge in [-0.25, -0.2) is 0 Å². The Morgan fingerprint density at radius 2 is 2.00 bits per heavy atom. The minimum Gasteiger partial charge on any atom is -0.377 e. The van der Waals surface area contributed by atoms with Gasteiger partial charge in [-0.05, 0) is 45.1 Å². The number of hydrogen-bond acceptors (Lipinski definition) is 2. The lowest BCUT2D eigenvalue weighted by Crippen LogP contribution is -2.48. The molecule has 2 aliphatic rings. The molecule has 76 valence electrons. The normalized spacial score (nSPS) is 32.5. The van der Waals surface area contributed by atoms with Crippen LogP contribution in [0.1, 0.15) is 38.5 Å². The fraction of sp³-hybridized carbons (Fsp3) is 1.00. The van der Waals surface area contributed by atoms with Gasteiger partial charge < -0.3 is 10.1 Å². The van der Waals surface area contributed by atoms with Gasteiger partial charge >= 0.3 is 0 Å². The summed E-state index contributed by atoms with van der Waals surface area (Å²) in [6, 6.07) is 0.633. The number of ether oxygens (including phenoxy) is 1. The first-order valence-corrected chi connectivity index (χ1v) is 5.70. The topological polar surface area (TPSA) is 21.3 Å². The molecule has 13 heavy (non-hydrogen) atoms. The molecule has 0 aromatic rings. The molecule has 1 aliphatic carbocycles. The van der Waals surface area contributed by atoms with E-state index in [1.807, 2.05) is 0 Å². The average Bonchev–Trinajstić information content (AvgIpc) is 2.12. The second kappa shape index (κ2) is 4.43. The van der Waals surface area contributed by atoms with Gasteiger partial charge in [0.1, 0.15) is 0 Å². The fourth-order valence-corrected chi connectivity index (χ4v) is 2.57. The van der Waals surface area contributed by atoms with Crippen LogP contribution in [-0.4, -0.2) is 25.8 Å². The quantitative estimate of drug-likeness (QED) is 0.722. The lowest BCUT2D eigenvalue weighted by molar-refractivity contribution is -0.0288. The number of rotatable bonds is 3. The number of likely N-dealkylation sites (N-methyl/N-ethyl adjacent to an activating group) is 1. The van der Waals surface area contributed by atoms with Gasteiger partial charge in [0.25, 0.3) is 0 Å². The van der Waals surface area contributed by atoms with Crippen molar-refractivity contribution in [1.82, 2.24) is 5.32 Å². The van der Waals surface area contributed by atoms with Crippen LogP contribution in [0.5, 0.6) is 0 Å². The van der Waals surface area contributed by atoms with E-state index in [0.29, 0.717) is 12.1 Å². The van der Waals surface area contributed by atoms with Crippen molar-refractivity contribution in [3.8, 4) is 0 Å². The average molecular weight is 183 g/mol. The summed E-state index contributed by atoms with van der Waals surface area (Å²) in [5, 5.41) is 3.45. The molecule has 2 rings (SSSR count). The molecule has 1 saturated carbocycles. The van der Waals surface area contributed by atoms with Gasteiger partial charge in [-0.2, -0.15) is 0 Å². The SMILES string of the molecule is CNC(C1CCC1)C1CCCCO1. The first kappa shape index (κ1) is 9.47. The van der Waals surface area contributed by atoms with Crippen molar-refractivity contribution in [2.75, 3.05) is 13.7 Å². The van der Waals surface area contributed by atoms with E-state index in [4.69, 9.17) is 4.74 Å². The molecule has 1 saturated heterocycles. The molecule has 2 fully saturated rings. The molecule has 0 radical (unpaired) electrons. The van der Waals surface area contributed by atoms with E-state index in [-0.39, 0.29) is 0 Å². The Bertz CT molecular complexity index is 150. The standard InChI is InChI=1S/C11H21NO/c1-12-11(9-5-4-6-9)10-7-2-3-8-13-10/h9-12H,2-8H2,1H3. The Morgan fingerprint density at radius 1 is 1.15 bits per heavy atom. The summed E-state index contributed by atoms with van der Waals surface area (Å²) >= 11 is 0. The van der Waals surface area contributed by atoms with Crippen LogP contribution >= 0.6 is 0 Å². The molecule has 1 heterocycles. The smallest absolute Gasteiger partial charge is 0.0730 e. The Labute approximate surface area is 81.0 Å². The molecule has 0 bridgehead atoms. The highest BCUT2D eigenvalue weighted by atomic mass is 16.5. The zero-order valence-corrected chi connectivity index (χ0v) is 8.59. The summed E-state index contributed by atoms with van der Waals surface area (Å²) in [5.74, 6) is 0.896. The summed E-state index contributed by atoms with van der Waals surface area (Å²) in [4.78, 5) is 0. The zero-order chi connectivity index (χ0) is 9.10. The second-order valence-corrected chi connectivity index (χ2v) is 4.41. The molecule has 0 spiro atoms. The first-order chi connectivity index (χ1) is 6.42. The molecular weight excluding hydrogens is 162 g/mol. The van der Waals surface area contributed by atoms with Crippen molar-refractivity contribution in [2.24, 2.45) is 5.92 Å². The first-order valence-electron chi connectivity index (χ1n) is 5.70. The van der Waals surface area contributed by atoms with E-state index < -0.39 is 0 Å². The molecule has 0 aromatic heterocycles. The largest absolute Gasteiger partial charge is 0.377 e. The van der Waals surface area contributed by atoms with E-state index >= 15 is 0 Å². The van der Waals surface area contributed by atoms with Crippen LogP contribution in [0.25, 0.3) is 0 Å². The van der Waals surface area contributed by atoms with E-state index in [1.54, 1.807) is 0 Å². The van der Waals surface area contributed by atoms with Crippen LogP contribution < -0.4 is 5.32 Å². The predicted molar refractivity (Wildman–Crippen MR) is 53.8 cm³/mol. The Morgan fingerprint density at radius 3 is 2.46 bits per heavy atom. The second-order valence-electron chi connectivity index (χ2n) is 4.41. The van der Waals surface area contributed by atoms with Gasteiger partial charge in [-0.1, -0.05) is 6.42 Å². The lowest BCUT2D eigenvalue weighted by Gasteiger charge is -2.39. The predicted octanol–water partition coefficient (Wildman–Crippen LogP) is 1.94. The molecule has 0 aromatic carbocycles. The molecule has 2 unspecified atom stereocenters. The maximum atomic E-state index is 5.83. The van der Waals surface area contributed by atoms with Crippen molar-refractivity contribution in [1.29, 1.82) is 0 Å². The highest BCUT2D eigenvalue weighted by Crippen LogP contribution is 2.33. The summed E-state index contributed by atoms with van der Waals surface area (Å²) in [5.41, 5.74) is 0. The molecular formula is C11H21NO. The third-order valence-electron chi connectivity index (χ3n) is 3.61. The van der Waals surface area contributed by atoms with E-state index in [9.17, 15) is 0 Å². The van der Waals surface area contributed by atoms with Crippen molar-refractivity contribution in [3.63, 3.8) is 0 Å². The monoisotopic (exact) mass is 183 g/mol. The maximum Gasteiger partial charge on any atom is 0.0730 e. The van der Waals surface area contributed by atoms with Crippen molar-refractivity contribution in [2.45, 2.75) is 50.7 Å². The molecule has 2 heteroatoms. The summed E-state index contributed by atoms with van der Waals surface area (Å²) < 4.78 is 5.83. The van der Waals surface area contributed by atoms with Crippen LogP contribution in [0.3, 0.4) is 0 Å². The summed E-state index contributed by atoms with van der Waals surface area (Å²) in [7, 11) is 2.08. The van der Waals surface area contributed by atoms with Crippen LogP contribution in [0.4, 0.5) is 0 Å².